The molecule has 20 heavy (non-hydrogen) atoms. The number of nitriles is 1. The normalized spacial score (nSPS) is 32.5. The third kappa shape index (κ3) is 1.63. The molecule has 1 aromatic heterocycles. The van der Waals surface area contributed by atoms with E-state index in [4.69, 9.17) is 0 Å². The average Bonchev–Trinajstić information content (AvgIpc) is 2.89. The van der Waals surface area contributed by atoms with Crippen LogP contribution in [-0.4, -0.2) is 36.6 Å². The topological polar surface area (TPSA) is 69.3 Å². The molecule has 5 nitrogen and oxygen atoms in total. The highest BCUT2D eigenvalue weighted by molar-refractivity contribution is 8.01. The van der Waals surface area contributed by atoms with Crippen molar-refractivity contribution in [1.82, 2.24) is 9.47 Å². The summed E-state index contributed by atoms with van der Waals surface area (Å²) >= 11 is 1.61. The average molecular weight is 291 g/mol. The number of β-lactam (4-membered cyclic amide) rings is 1. The van der Waals surface area contributed by atoms with E-state index in [1.807, 2.05) is 43.8 Å². The Hall–Kier alpha value is -1.45. The van der Waals surface area contributed by atoms with E-state index in [-0.39, 0.29) is 16.0 Å². The fourth-order valence-electron chi connectivity index (χ4n) is 3.10. The number of hydrogen-bond donors (Lipinski definition) is 1. The van der Waals surface area contributed by atoms with Crippen LogP contribution >= 0.6 is 11.8 Å². The lowest BCUT2D eigenvalue weighted by molar-refractivity contribution is -0.159. The zero-order valence-corrected chi connectivity index (χ0v) is 12.5. The molecule has 2 aliphatic rings. The molecule has 106 valence electrons. The van der Waals surface area contributed by atoms with Crippen molar-refractivity contribution in [3.05, 3.63) is 24.0 Å². The van der Waals surface area contributed by atoms with Crippen molar-refractivity contribution in [2.45, 2.75) is 36.1 Å². The molecular formula is C14H17N3O2S. The van der Waals surface area contributed by atoms with Gasteiger partial charge in [-0.1, -0.05) is 0 Å². The second-order valence-electron chi connectivity index (χ2n) is 5.90. The molecule has 0 aromatic carbocycles. The lowest BCUT2D eigenvalue weighted by atomic mass is 9.87. The van der Waals surface area contributed by atoms with Gasteiger partial charge in [0, 0.05) is 23.7 Å². The number of nitrogens with zero attached hydrogens (tertiary/aromatic N) is 3. The number of rotatable bonds is 2. The van der Waals surface area contributed by atoms with E-state index in [1.54, 1.807) is 16.7 Å². The maximum atomic E-state index is 12.3. The Morgan fingerprint density at radius 3 is 2.80 bits per heavy atom. The van der Waals surface area contributed by atoms with Crippen LogP contribution in [0.2, 0.25) is 0 Å². The van der Waals surface area contributed by atoms with Gasteiger partial charge in [0.2, 0.25) is 5.91 Å². The minimum Gasteiger partial charge on any atom is -0.386 e. The summed E-state index contributed by atoms with van der Waals surface area (Å²) in [4.78, 5) is 14.0. The van der Waals surface area contributed by atoms with Crippen LogP contribution in [0, 0.1) is 17.2 Å². The largest absolute Gasteiger partial charge is 0.386 e. The van der Waals surface area contributed by atoms with Crippen molar-refractivity contribution < 1.29 is 9.90 Å². The predicted octanol–water partition coefficient (Wildman–Crippen LogP) is 1.26. The minimum atomic E-state index is -0.815. The zero-order chi connectivity index (χ0) is 14.7. The van der Waals surface area contributed by atoms with Gasteiger partial charge in [-0.05, 0) is 26.0 Å². The van der Waals surface area contributed by atoms with Gasteiger partial charge in [-0.2, -0.15) is 5.26 Å². The number of fused-ring (bicyclic) bond motifs is 1. The van der Waals surface area contributed by atoms with Gasteiger partial charge < -0.3 is 14.6 Å². The van der Waals surface area contributed by atoms with Crippen LogP contribution in [0.15, 0.2) is 18.3 Å². The van der Waals surface area contributed by atoms with Crippen molar-refractivity contribution in [1.29, 1.82) is 5.26 Å². The first kappa shape index (κ1) is 13.5. The Morgan fingerprint density at radius 2 is 2.25 bits per heavy atom. The molecule has 3 heterocycles. The van der Waals surface area contributed by atoms with E-state index < -0.39 is 18.1 Å². The summed E-state index contributed by atoms with van der Waals surface area (Å²) in [5.74, 6) is -0.570. The molecule has 4 atom stereocenters. The summed E-state index contributed by atoms with van der Waals surface area (Å²) in [5.41, 5.74) is 0.738. The Balaban J connectivity index is 1.88. The molecule has 6 heteroatoms. The Morgan fingerprint density at radius 1 is 1.55 bits per heavy atom. The molecule has 0 radical (unpaired) electrons. The minimum absolute atomic E-state index is 0.105. The molecule has 1 aromatic rings. The standard InChI is InChI=1S/C14H17N3O2S/c1-14(2)9(7-15)17-12(19)10(13(17)20-14)11(18)8-5-4-6-16(8)3/h4-6,9-11,13,18H,1-3H3/t9-,10-,11?,13-/m0/s1. The van der Waals surface area contributed by atoms with Crippen LogP contribution in [0.3, 0.4) is 0 Å². The van der Waals surface area contributed by atoms with Crippen LogP contribution in [0.5, 0.6) is 0 Å². The van der Waals surface area contributed by atoms with Gasteiger partial charge in [-0.3, -0.25) is 4.79 Å². The van der Waals surface area contributed by atoms with Crippen molar-refractivity contribution >= 4 is 17.7 Å². The van der Waals surface area contributed by atoms with Crippen LogP contribution in [0.4, 0.5) is 0 Å². The van der Waals surface area contributed by atoms with Crippen LogP contribution in [-0.2, 0) is 11.8 Å². The molecule has 1 N–H and O–H groups in total. The Kier molecular flexibility index (Phi) is 2.89. The number of aliphatic hydroxyl groups is 1. The molecule has 0 saturated carbocycles. The fraction of sp³-hybridized carbons (Fsp3) is 0.571. The summed E-state index contributed by atoms with van der Waals surface area (Å²) in [6, 6.07) is 5.48. The van der Waals surface area contributed by atoms with Gasteiger partial charge in [-0.15, -0.1) is 11.8 Å². The van der Waals surface area contributed by atoms with E-state index >= 15 is 0 Å². The lowest BCUT2D eigenvalue weighted by Gasteiger charge is -2.45. The van der Waals surface area contributed by atoms with E-state index in [2.05, 4.69) is 6.07 Å². The van der Waals surface area contributed by atoms with Gasteiger partial charge in [0.05, 0.1) is 17.4 Å². The van der Waals surface area contributed by atoms with E-state index in [0.29, 0.717) is 0 Å². The van der Waals surface area contributed by atoms with Gasteiger partial charge in [0.15, 0.2) is 0 Å². The lowest BCUT2D eigenvalue weighted by Crippen LogP contribution is -2.61. The number of aryl methyl sites for hydroxylation is 1. The Bertz CT molecular complexity index is 604. The highest BCUT2D eigenvalue weighted by Gasteiger charge is 2.63. The van der Waals surface area contributed by atoms with Crippen molar-refractivity contribution in [2.75, 3.05) is 0 Å². The van der Waals surface area contributed by atoms with Crippen LogP contribution in [0.25, 0.3) is 0 Å². The SMILES string of the molecule is Cn1cccc1C(O)[C@H]1C(=O)N2[C@@H](C#N)C(C)(C)S[C@@H]12. The van der Waals surface area contributed by atoms with Crippen molar-refractivity contribution in [3.8, 4) is 6.07 Å². The molecule has 0 spiro atoms. The van der Waals surface area contributed by atoms with Gasteiger partial charge in [-0.25, -0.2) is 0 Å². The molecular weight excluding hydrogens is 274 g/mol. The maximum Gasteiger partial charge on any atom is 0.233 e. The summed E-state index contributed by atoms with van der Waals surface area (Å²) in [6.45, 7) is 3.95. The first-order chi connectivity index (χ1) is 9.38. The monoisotopic (exact) mass is 291 g/mol. The second-order valence-corrected chi connectivity index (χ2v) is 7.67. The maximum absolute atomic E-state index is 12.3. The highest BCUT2D eigenvalue weighted by atomic mass is 32.2. The van der Waals surface area contributed by atoms with Gasteiger partial charge >= 0.3 is 0 Å². The van der Waals surface area contributed by atoms with E-state index in [1.165, 1.54) is 0 Å². The molecule has 0 aliphatic carbocycles. The Labute approximate surface area is 122 Å². The summed E-state index contributed by atoms with van der Waals surface area (Å²) in [5, 5.41) is 19.7. The number of carbonyl (C=O) groups excluding carboxylic acids is 1. The number of thioether (sulfide) groups is 1. The van der Waals surface area contributed by atoms with E-state index in [9.17, 15) is 15.2 Å². The highest BCUT2D eigenvalue weighted by Crippen LogP contribution is 2.55. The summed E-state index contributed by atoms with van der Waals surface area (Å²) in [7, 11) is 1.85. The van der Waals surface area contributed by atoms with Crippen LogP contribution < -0.4 is 0 Å². The fourth-order valence-corrected chi connectivity index (χ4v) is 4.77. The molecule has 1 amide bonds. The summed E-state index contributed by atoms with van der Waals surface area (Å²) in [6.07, 6.45) is 1.04. The number of aromatic nitrogens is 1. The van der Waals surface area contributed by atoms with Gasteiger partial charge in [0.1, 0.15) is 12.1 Å². The second kappa shape index (κ2) is 4.27. The number of hydrogen-bond acceptors (Lipinski definition) is 4. The van der Waals surface area contributed by atoms with E-state index in [0.717, 1.165) is 5.69 Å². The third-order valence-electron chi connectivity index (χ3n) is 4.23. The number of amides is 1. The van der Waals surface area contributed by atoms with Gasteiger partial charge in [0.25, 0.3) is 0 Å². The number of aliphatic hydroxyl groups excluding tert-OH is 1. The predicted molar refractivity (Wildman–Crippen MR) is 75.6 cm³/mol. The third-order valence-corrected chi connectivity index (χ3v) is 5.82. The van der Waals surface area contributed by atoms with Crippen molar-refractivity contribution in [3.63, 3.8) is 0 Å². The summed E-state index contributed by atoms with van der Waals surface area (Å²) < 4.78 is 1.53. The smallest absolute Gasteiger partial charge is 0.233 e. The zero-order valence-electron chi connectivity index (χ0n) is 11.6. The first-order valence-electron chi connectivity index (χ1n) is 6.57. The molecule has 3 rings (SSSR count). The molecule has 0 bridgehead atoms. The molecule has 2 fully saturated rings. The first-order valence-corrected chi connectivity index (χ1v) is 7.45. The van der Waals surface area contributed by atoms with Crippen molar-refractivity contribution in [2.24, 2.45) is 13.0 Å². The quantitative estimate of drug-likeness (QED) is 0.833. The molecule has 2 aliphatic heterocycles. The number of carbonyl (C=O) groups is 1. The van der Waals surface area contributed by atoms with Crippen LogP contribution in [0.1, 0.15) is 25.6 Å². The molecule has 1 unspecified atom stereocenters. The molecule has 2 saturated heterocycles.